The van der Waals surface area contributed by atoms with E-state index in [0.717, 1.165) is 32.6 Å². The zero-order valence-electron chi connectivity index (χ0n) is 11.1. The normalized spacial score (nSPS) is 21.0. The number of amides is 2. The molecular formula is C13H21N3OS. The first-order valence-electron chi connectivity index (χ1n) is 6.42. The first-order chi connectivity index (χ1) is 8.66. The maximum absolute atomic E-state index is 12.0. The summed E-state index contributed by atoms with van der Waals surface area (Å²) in [5.41, 5.74) is 0. The molecule has 1 atom stereocenters. The van der Waals surface area contributed by atoms with Crippen LogP contribution in [0.5, 0.6) is 0 Å². The molecule has 0 radical (unpaired) electrons. The van der Waals surface area contributed by atoms with Gasteiger partial charge in [0.05, 0.1) is 0 Å². The molecule has 18 heavy (non-hydrogen) atoms. The number of likely N-dealkylation sites (N-methyl/N-ethyl adjacent to an activating group) is 1. The minimum atomic E-state index is 0.0761. The van der Waals surface area contributed by atoms with Crippen molar-refractivity contribution in [2.45, 2.75) is 19.4 Å². The Morgan fingerprint density at radius 2 is 2.39 bits per heavy atom. The molecule has 100 valence electrons. The van der Waals surface area contributed by atoms with E-state index in [1.165, 1.54) is 4.88 Å². The van der Waals surface area contributed by atoms with Crippen LogP contribution >= 0.6 is 11.3 Å². The van der Waals surface area contributed by atoms with Crippen LogP contribution in [0.2, 0.25) is 0 Å². The van der Waals surface area contributed by atoms with Crippen LogP contribution in [0.3, 0.4) is 0 Å². The van der Waals surface area contributed by atoms with Crippen LogP contribution in [-0.4, -0.2) is 55.1 Å². The van der Waals surface area contributed by atoms with E-state index >= 15 is 0 Å². The second-order valence-electron chi connectivity index (χ2n) is 4.87. The lowest BCUT2D eigenvalue weighted by Crippen LogP contribution is -2.55. The van der Waals surface area contributed by atoms with Gasteiger partial charge in [-0.2, -0.15) is 0 Å². The van der Waals surface area contributed by atoms with Gasteiger partial charge in [0.2, 0.25) is 0 Å². The predicted molar refractivity (Wildman–Crippen MR) is 75.1 cm³/mol. The van der Waals surface area contributed by atoms with Crippen LogP contribution in [0.4, 0.5) is 4.79 Å². The molecule has 1 aliphatic rings. The molecule has 2 rings (SSSR count). The molecule has 2 heterocycles. The number of carbonyl (C=O) groups excluding carboxylic acids is 1. The van der Waals surface area contributed by atoms with Crippen LogP contribution in [0.15, 0.2) is 17.5 Å². The van der Waals surface area contributed by atoms with Crippen LogP contribution in [-0.2, 0) is 6.42 Å². The van der Waals surface area contributed by atoms with Crippen molar-refractivity contribution in [2.75, 3.05) is 33.2 Å². The van der Waals surface area contributed by atoms with Crippen molar-refractivity contribution in [3.05, 3.63) is 22.4 Å². The summed E-state index contributed by atoms with van der Waals surface area (Å²) in [5, 5.41) is 5.08. The highest BCUT2D eigenvalue weighted by atomic mass is 32.1. The summed E-state index contributed by atoms with van der Waals surface area (Å²) < 4.78 is 0. The molecule has 0 saturated carbocycles. The Kier molecular flexibility index (Phi) is 4.60. The number of nitrogens with zero attached hydrogens (tertiary/aromatic N) is 2. The third kappa shape index (κ3) is 3.46. The molecule has 1 N–H and O–H groups in total. The molecule has 1 unspecified atom stereocenters. The summed E-state index contributed by atoms with van der Waals surface area (Å²) in [6.07, 6.45) is 0.922. The van der Waals surface area contributed by atoms with Gasteiger partial charge in [0, 0.05) is 37.1 Å². The Hall–Kier alpha value is -1.07. The Morgan fingerprint density at radius 1 is 1.56 bits per heavy atom. The fraction of sp³-hybridized carbons (Fsp3) is 0.615. The van der Waals surface area contributed by atoms with Gasteiger partial charge in [0.25, 0.3) is 0 Å². The zero-order chi connectivity index (χ0) is 13.0. The standard InChI is InChI=1S/C13H21N3OS/c1-11-10-15(2)7-8-16(11)13(17)14-6-5-12-4-3-9-18-12/h3-4,9,11H,5-8,10H2,1-2H3,(H,14,17). The van der Waals surface area contributed by atoms with Gasteiger partial charge >= 0.3 is 6.03 Å². The molecule has 0 aromatic carbocycles. The molecular weight excluding hydrogens is 246 g/mol. The lowest BCUT2D eigenvalue weighted by atomic mass is 10.2. The van der Waals surface area contributed by atoms with Crippen molar-refractivity contribution in [3.8, 4) is 0 Å². The minimum Gasteiger partial charge on any atom is -0.338 e. The van der Waals surface area contributed by atoms with Gasteiger partial charge in [0.1, 0.15) is 0 Å². The maximum Gasteiger partial charge on any atom is 0.317 e. The zero-order valence-corrected chi connectivity index (χ0v) is 11.9. The third-order valence-corrected chi connectivity index (χ3v) is 4.26. The second kappa shape index (κ2) is 6.20. The summed E-state index contributed by atoms with van der Waals surface area (Å²) >= 11 is 1.74. The van der Waals surface area contributed by atoms with Crippen LogP contribution < -0.4 is 5.32 Å². The first kappa shape index (κ1) is 13.4. The average Bonchev–Trinajstić information content (AvgIpc) is 2.81. The predicted octanol–water partition coefficient (Wildman–Crippen LogP) is 1.64. The molecule has 1 aliphatic heterocycles. The topological polar surface area (TPSA) is 35.6 Å². The Bertz CT molecular complexity index is 380. The van der Waals surface area contributed by atoms with E-state index in [0.29, 0.717) is 6.04 Å². The molecule has 0 bridgehead atoms. The van der Waals surface area contributed by atoms with Crippen molar-refractivity contribution in [1.82, 2.24) is 15.1 Å². The Labute approximate surface area is 113 Å². The number of piperazine rings is 1. The number of hydrogen-bond acceptors (Lipinski definition) is 3. The minimum absolute atomic E-state index is 0.0761. The summed E-state index contributed by atoms with van der Waals surface area (Å²) in [6.45, 7) is 5.57. The summed E-state index contributed by atoms with van der Waals surface area (Å²) in [5.74, 6) is 0. The van der Waals surface area contributed by atoms with E-state index in [1.807, 2.05) is 11.0 Å². The molecule has 0 spiro atoms. The van der Waals surface area contributed by atoms with Crippen LogP contribution in [0.1, 0.15) is 11.8 Å². The first-order valence-corrected chi connectivity index (χ1v) is 7.30. The molecule has 0 aliphatic carbocycles. The maximum atomic E-state index is 12.0. The van der Waals surface area contributed by atoms with E-state index < -0.39 is 0 Å². The molecule has 1 fully saturated rings. The van der Waals surface area contributed by atoms with E-state index in [9.17, 15) is 4.79 Å². The SMILES string of the molecule is CC1CN(C)CCN1C(=O)NCCc1cccs1. The molecule has 4 nitrogen and oxygen atoms in total. The van der Waals surface area contributed by atoms with Crippen molar-refractivity contribution < 1.29 is 4.79 Å². The summed E-state index contributed by atoms with van der Waals surface area (Å²) in [4.78, 5) is 17.6. The fourth-order valence-electron chi connectivity index (χ4n) is 2.29. The molecule has 2 amide bonds. The molecule has 5 heteroatoms. The van der Waals surface area contributed by atoms with Crippen LogP contribution in [0, 0.1) is 0 Å². The monoisotopic (exact) mass is 267 g/mol. The lowest BCUT2D eigenvalue weighted by molar-refractivity contribution is 0.117. The quantitative estimate of drug-likeness (QED) is 0.903. The van der Waals surface area contributed by atoms with Crippen molar-refractivity contribution >= 4 is 17.4 Å². The number of nitrogens with one attached hydrogen (secondary N) is 1. The average molecular weight is 267 g/mol. The van der Waals surface area contributed by atoms with Gasteiger partial charge in [0.15, 0.2) is 0 Å². The highest BCUT2D eigenvalue weighted by Gasteiger charge is 2.25. The largest absolute Gasteiger partial charge is 0.338 e. The van der Waals surface area contributed by atoms with E-state index in [4.69, 9.17) is 0 Å². The lowest BCUT2D eigenvalue weighted by Gasteiger charge is -2.38. The Balaban J connectivity index is 1.74. The number of thiophene rings is 1. The van der Waals surface area contributed by atoms with Gasteiger partial charge in [-0.15, -0.1) is 11.3 Å². The van der Waals surface area contributed by atoms with E-state index in [1.54, 1.807) is 11.3 Å². The molecule has 1 saturated heterocycles. The van der Waals surface area contributed by atoms with E-state index in [2.05, 4.69) is 35.6 Å². The smallest absolute Gasteiger partial charge is 0.317 e. The van der Waals surface area contributed by atoms with Gasteiger partial charge in [-0.25, -0.2) is 4.79 Å². The van der Waals surface area contributed by atoms with E-state index in [-0.39, 0.29) is 6.03 Å². The van der Waals surface area contributed by atoms with Gasteiger partial charge in [-0.05, 0) is 31.8 Å². The summed E-state index contributed by atoms with van der Waals surface area (Å²) in [7, 11) is 2.10. The van der Waals surface area contributed by atoms with Gasteiger partial charge in [-0.3, -0.25) is 0 Å². The number of carbonyl (C=O) groups is 1. The van der Waals surface area contributed by atoms with Crippen molar-refractivity contribution in [2.24, 2.45) is 0 Å². The highest BCUT2D eigenvalue weighted by Crippen LogP contribution is 2.09. The fourth-order valence-corrected chi connectivity index (χ4v) is 3.00. The molecule has 1 aromatic heterocycles. The number of hydrogen-bond donors (Lipinski definition) is 1. The number of urea groups is 1. The molecule has 1 aromatic rings. The third-order valence-electron chi connectivity index (χ3n) is 3.32. The van der Waals surface area contributed by atoms with Gasteiger partial charge in [-0.1, -0.05) is 6.07 Å². The second-order valence-corrected chi connectivity index (χ2v) is 5.90. The highest BCUT2D eigenvalue weighted by molar-refractivity contribution is 7.09. The summed E-state index contributed by atoms with van der Waals surface area (Å²) in [6, 6.07) is 4.53. The Morgan fingerprint density at radius 3 is 3.06 bits per heavy atom. The van der Waals surface area contributed by atoms with Gasteiger partial charge < -0.3 is 15.1 Å². The van der Waals surface area contributed by atoms with Crippen LogP contribution in [0.25, 0.3) is 0 Å². The number of rotatable bonds is 3. The van der Waals surface area contributed by atoms with Crippen molar-refractivity contribution in [1.29, 1.82) is 0 Å². The van der Waals surface area contributed by atoms with Crippen molar-refractivity contribution in [3.63, 3.8) is 0 Å².